The lowest BCUT2D eigenvalue weighted by atomic mass is 10.2. The van der Waals surface area contributed by atoms with Crippen LogP contribution in [0.15, 0.2) is 42.5 Å². The molecule has 0 aliphatic carbocycles. The van der Waals surface area contributed by atoms with Crippen molar-refractivity contribution < 1.29 is 9.59 Å². The molecule has 0 atom stereocenters. The predicted octanol–water partition coefficient (Wildman–Crippen LogP) is 1.50. The molecule has 0 bridgehead atoms. The molecular formula is C14H18N2O2. The Kier molecular flexibility index (Phi) is 5.64. The first-order valence-electron chi connectivity index (χ1n) is 5.84. The van der Waals surface area contributed by atoms with Crippen LogP contribution in [0.1, 0.15) is 23.7 Å². The maximum atomic E-state index is 11.6. The van der Waals surface area contributed by atoms with Gasteiger partial charge >= 0.3 is 0 Å². The van der Waals surface area contributed by atoms with Crippen LogP contribution in [-0.4, -0.2) is 24.9 Å². The zero-order valence-corrected chi connectivity index (χ0v) is 10.5. The molecule has 0 spiro atoms. The topological polar surface area (TPSA) is 58.2 Å². The van der Waals surface area contributed by atoms with Crippen LogP contribution in [-0.2, 0) is 4.79 Å². The van der Waals surface area contributed by atoms with Crippen molar-refractivity contribution >= 4 is 11.8 Å². The highest BCUT2D eigenvalue weighted by molar-refractivity contribution is 5.94. The van der Waals surface area contributed by atoms with E-state index in [-0.39, 0.29) is 18.2 Å². The van der Waals surface area contributed by atoms with Gasteiger partial charge in [0.05, 0.1) is 0 Å². The van der Waals surface area contributed by atoms with Crippen molar-refractivity contribution in [1.82, 2.24) is 10.6 Å². The van der Waals surface area contributed by atoms with E-state index in [0.717, 1.165) is 5.57 Å². The fourth-order valence-electron chi connectivity index (χ4n) is 1.32. The summed E-state index contributed by atoms with van der Waals surface area (Å²) in [5.74, 6) is -0.255. The highest BCUT2D eigenvalue weighted by Gasteiger charge is 2.05. The molecule has 0 aliphatic rings. The number of hydrogen-bond donors (Lipinski definition) is 2. The van der Waals surface area contributed by atoms with Gasteiger partial charge in [-0.2, -0.15) is 0 Å². The molecule has 2 N–H and O–H groups in total. The van der Waals surface area contributed by atoms with Crippen LogP contribution in [0.3, 0.4) is 0 Å². The second-order valence-corrected chi connectivity index (χ2v) is 4.11. The van der Waals surface area contributed by atoms with Crippen LogP contribution in [0.4, 0.5) is 0 Å². The van der Waals surface area contributed by atoms with E-state index in [4.69, 9.17) is 0 Å². The number of nitrogens with one attached hydrogen (secondary N) is 2. The van der Waals surface area contributed by atoms with Gasteiger partial charge in [-0.25, -0.2) is 0 Å². The Bertz CT molecular complexity index is 427. The van der Waals surface area contributed by atoms with Crippen molar-refractivity contribution in [3.8, 4) is 0 Å². The highest BCUT2D eigenvalue weighted by atomic mass is 16.2. The first-order chi connectivity index (χ1) is 8.59. The van der Waals surface area contributed by atoms with E-state index in [1.165, 1.54) is 0 Å². The Morgan fingerprint density at radius 1 is 1.17 bits per heavy atom. The molecule has 0 unspecified atom stereocenters. The molecule has 0 radical (unpaired) electrons. The van der Waals surface area contributed by atoms with Crippen LogP contribution in [0.25, 0.3) is 0 Å². The van der Waals surface area contributed by atoms with Gasteiger partial charge in [-0.05, 0) is 19.1 Å². The Labute approximate surface area is 107 Å². The van der Waals surface area contributed by atoms with E-state index < -0.39 is 0 Å². The summed E-state index contributed by atoms with van der Waals surface area (Å²) >= 11 is 0. The maximum Gasteiger partial charge on any atom is 0.251 e. The molecule has 2 amide bonds. The van der Waals surface area contributed by atoms with Gasteiger partial charge in [-0.15, -0.1) is 0 Å². The zero-order valence-electron chi connectivity index (χ0n) is 10.5. The van der Waals surface area contributed by atoms with Crippen molar-refractivity contribution in [3.05, 3.63) is 48.0 Å². The van der Waals surface area contributed by atoms with Crippen LogP contribution >= 0.6 is 0 Å². The summed E-state index contributed by atoms with van der Waals surface area (Å²) in [4.78, 5) is 23.0. The molecule has 0 heterocycles. The maximum absolute atomic E-state index is 11.6. The van der Waals surface area contributed by atoms with Gasteiger partial charge in [0.2, 0.25) is 5.91 Å². The first kappa shape index (κ1) is 14.0. The Hall–Kier alpha value is -2.10. The van der Waals surface area contributed by atoms with Gasteiger partial charge in [0.25, 0.3) is 5.91 Å². The Morgan fingerprint density at radius 2 is 1.83 bits per heavy atom. The largest absolute Gasteiger partial charge is 0.352 e. The first-order valence-corrected chi connectivity index (χ1v) is 5.84. The molecule has 4 heteroatoms. The van der Waals surface area contributed by atoms with E-state index in [9.17, 15) is 9.59 Å². The second kappa shape index (κ2) is 7.27. The Morgan fingerprint density at radius 3 is 2.44 bits per heavy atom. The van der Waals surface area contributed by atoms with Gasteiger partial charge < -0.3 is 10.6 Å². The molecule has 1 rings (SSSR count). The molecule has 0 aliphatic heterocycles. The number of amides is 2. The van der Waals surface area contributed by atoms with E-state index in [0.29, 0.717) is 18.7 Å². The van der Waals surface area contributed by atoms with Crippen LogP contribution in [0, 0.1) is 0 Å². The average Bonchev–Trinajstić information content (AvgIpc) is 2.37. The van der Waals surface area contributed by atoms with Crippen molar-refractivity contribution in [2.75, 3.05) is 13.1 Å². The van der Waals surface area contributed by atoms with Gasteiger partial charge in [-0.3, -0.25) is 9.59 Å². The van der Waals surface area contributed by atoms with Crippen molar-refractivity contribution in [3.63, 3.8) is 0 Å². The van der Waals surface area contributed by atoms with Crippen molar-refractivity contribution in [1.29, 1.82) is 0 Å². The van der Waals surface area contributed by atoms with Crippen molar-refractivity contribution in [2.24, 2.45) is 0 Å². The summed E-state index contributed by atoms with van der Waals surface area (Å²) in [6, 6.07) is 8.91. The molecule has 4 nitrogen and oxygen atoms in total. The fraction of sp³-hybridized carbons (Fsp3) is 0.286. The molecule has 0 fully saturated rings. The number of benzene rings is 1. The quantitative estimate of drug-likeness (QED) is 0.747. The minimum atomic E-state index is -0.164. The van der Waals surface area contributed by atoms with E-state index >= 15 is 0 Å². The average molecular weight is 246 g/mol. The third-order valence-electron chi connectivity index (χ3n) is 2.26. The molecule has 18 heavy (non-hydrogen) atoms. The molecule has 0 aromatic heterocycles. The van der Waals surface area contributed by atoms with Gasteiger partial charge in [0, 0.05) is 25.1 Å². The lowest BCUT2D eigenvalue weighted by molar-refractivity contribution is -0.120. The molecule has 0 saturated carbocycles. The molecular weight excluding hydrogens is 228 g/mol. The molecule has 0 saturated heterocycles. The zero-order chi connectivity index (χ0) is 13.4. The molecule has 96 valence electrons. The summed E-state index contributed by atoms with van der Waals surface area (Å²) in [6.45, 7) is 6.34. The third-order valence-corrected chi connectivity index (χ3v) is 2.26. The number of rotatable bonds is 6. The summed E-state index contributed by atoms with van der Waals surface area (Å²) < 4.78 is 0. The number of carbonyl (C=O) groups excluding carboxylic acids is 2. The smallest absolute Gasteiger partial charge is 0.251 e. The summed E-state index contributed by atoms with van der Waals surface area (Å²) in [5.41, 5.74) is 1.50. The normalized spacial score (nSPS) is 9.61. The SMILES string of the molecule is C=C(C)CNC(=O)CCNC(=O)c1ccccc1. The van der Waals surface area contributed by atoms with Crippen LogP contribution < -0.4 is 10.6 Å². The van der Waals surface area contributed by atoms with Crippen LogP contribution in [0.2, 0.25) is 0 Å². The van der Waals surface area contributed by atoms with Crippen molar-refractivity contribution in [2.45, 2.75) is 13.3 Å². The van der Waals surface area contributed by atoms with Crippen LogP contribution in [0.5, 0.6) is 0 Å². The van der Waals surface area contributed by atoms with E-state index in [1.807, 2.05) is 13.0 Å². The standard InChI is InChI=1S/C14H18N2O2/c1-11(2)10-16-13(17)8-9-15-14(18)12-6-4-3-5-7-12/h3-7H,1,8-10H2,2H3,(H,15,18)(H,16,17). The van der Waals surface area contributed by atoms with E-state index in [2.05, 4.69) is 17.2 Å². The van der Waals surface area contributed by atoms with Gasteiger partial charge in [0.15, 0.2) is 0 Å². The lowest BCUT2D eigenvalue weighted by Gasteiger charge is -2.06. The fourth-order valence-corrected chi connectivity index (χ4v) is 1.32. The minimum absolute atomic E-state index is 0.0913. The third kappa shape index (κ3) is 5.30. The van der Waals surface area contributed by atoms with Gasteiger partial charge in [-0.1, -0.05) is 30.4 Å². The lowest BCUT2D eigenvalue weighted by Crippen LogP contribution is -2.31. The summed E-state index contributed by atoms with van der Waals surface area (Å²) in [6.07, 6.45) is 0.270. The van der Waals surface area contributed by atoms with Gasteiger partial charge in [0.1, 0.15) is 0 Å². The number of hydrogen-bond acceptors (Lipinski definition) is 2. The Balaban J connectivity index is 2.24. The monoisotopic (exact) mass is 246 g/mol. The molecule has 1 aromatic carbocycles. The summed E-state index contributed by atoms with van der Waals surface area (Å²) in [5, 5.41) is 5.40. The van der Waals surface area contributed by atoms with E-state index in [1.54, 1.807) is 24.3 Å². The number of carbonyl (C=O) groups is 2. The minimum Gasteiger partial charge on any atom is -0.352 e. The highest BCUT2D eigenvalue weighted by Crippen LogP contribution is 1.97. The summed E-state index contributed by atoms with van der Waals surface area (Å²) in [7, 11) is 0. The predicted molar refractivity (Wildman–Crippen MR) is 71.2 cm³/mol. The molecule has 1 aromatic rings. The second-order valence-electron chi connectivity index (χ2n) is 4.11.